The molecule has 150 valence electrons. The lowest BCUT2D eigenvalue weighted by atomic mass is 10.1. The van der Waals surface area contributed by atoms with Gasteiger partial charge in [-0.2, -0.15) is 13.2 Å². The Labute approximate surface area is 169 Å². The molecule has 1 aromatic heterocycles. The van der Waals surface area contributed by atoms with Gasteiger partial charge >= 0.3 is 12.1 Å². The maximum atomic E-state index is 13.2. The molecule has 1 heterocycles. The zero-order valence-corrected chi connectivity index (χ0v) is 16.0. The average molecular weight is 419 g/mol. The number of hydrogen-bond donors (Lipinski definition) is 2. The second-order valence-corrected chi connectivity index (χ2v) is 6.86. The monoisotopic (exact) mass is 419 g/mol. The zero-order chi connectivity index (χ0) is 21.0. The Morgan fingerprint density at radius 2 is 1.86 bits per heavy atom. The molecule has 0 saturated heterocycles. The van der Waals surface area contributed by atoms with E-state index in [1.54, 1.807) is 12.1 Å². The number of nitrogens with zero attached hydrogens (tertiary/aromatic N) is 2. The predicted octanol–water partition coefficient (Wildman–Crippen LogP) is 5.54. The van der Waals surface area contributed by atoms with Crippen LogP contribution >= 0.6 is 11.9 Å². The highest BCUT2D eigenvalue weighted by Gasteiger charge is 2.31. The number of carbonyl (C=O) groups is 1. The van der Waals surface area contributed by atoms with Crippen molar-refractivity contribution in [2.24, 2.45) is 0 Å². The minimum atomic E-state index is -4.50. The van der Waals surface area contributed by atoms with E-state index in [9.17, 15) is 23.1 Å². The third kappa shape index (κ3) is 4.86. The van der Waals surface area contributed by atoms with Gasteiger partial charge in [0.2, 0.25) is 0 Å². The number of carboxylic acid groups (broad SMARTS) is 1. The Hall–Kier alpha value is -3.07. The fraction of sp³-hybridized carbons (Fsp3) is 0.150. The fourth-order valence-corrected chi connectivity index (χ4v) is 3.54. The van der Waals surface area contributed by atoms with Crippen molar-refractivity contribution in [2.45, 2.75) is 24.4 Å². The van der Waals surface area contributed by atoms with Gasteiger partial charge in [0, 0.05) is 22.9 Å². The van der Waals surface area contributed by atoms with E-state index in [2.05, 4.69) is 14.7 Å². The largest absolute Gasteiger partial charge is 0.478 e. The molecule has 9 heteroatoms. The lowest BCUT2D eigenvalue weighted by molar-refractivity contribution is -0.137. The van der Waals surface area contributed by atoms with Crippen molar-refractivity contribution in [2.75, 3.05) is 4.72 Å². The Morgan fingerprint density at radius 3 is 2.48 bits per heavy atom. The third-order valence-corrected chi connectivity index (χ3v) is 5.04. The van der Waals surface area contributed by atoms with Crippen molar-refractivity contribution in [3.8, 4) is 11.4 Å². The molecule has 0 aliphatic rings. The molecule has 0 spiro atoms. The number of nitrogens with one attached hydrogen (secondary N) is 1. The quantitative estimate of drug-likeness (QED) is 0.511. The molecule has 3 rings (SSSR count). The number of halogens is 3. The normalized spacial score (nSPS) is 11.3. The molecule has 0 radical (unpaired) electrons. The molecule has 0 bridgehead atoms. The van der Waals surface area contributed by atoms with Gasteiger partial charge in [-0.1, -0.05) is 13.0 Å². The Bertz CT molecular complexity index is 1030. The van der Waals surface area contributed by atoms with Crippen LogP contribution in [-0.2, 0) is 12.6 Å². The van der Waals surface area contributed by atoms with Gasteiger partial charge in [-0.15, -0.1) is 0 Å². The van der Waals surface area contributed by atoms with Gasteiger partial charge in [-0.3, -0.25) is 0 Å². The number of aromatic nitrogens is 2. The molecule has 0 atom stereocenters. The second-order valence-electron chi connectivity index (χ2n) is 6.02. The first-order chi connectivity index (χ1) is 13.8. The van der Waals surface area contributed by atoms with Gasteiger partial charge in [0.25, 0.3) is 0 Å². The number of hydrogen-bond acceptors (Lipinski definition) is 5. The summed E-state index contributed by atoms with van der Waals surface area (Å²) >= 11 is 1.05. The van der Waals surface area contributed by atoms with E-state index >= 15 is 0 Å². The molecule has 0 amide bonds. The number of benzene rings is 2. The van der Waals surface area contributed by atoms with Crippen LogP contribution in [0.2, 0.25) is 0 Å². The summed E-state index contributed by atoms with van der Waals surface area (Å²) in [6, 6.07) is 9.58. The summed E-state index contributed by atoms with van der Waals surface area (Å²) in [6.45, 7) is 1.91. The highest BCUT2D eigenvalue weighted by Crippen LogP contribution is 2.37. The molecule has 0 aliphatic carbocycles. The zero-order valence-electron chi connectivity index (χ0n) is 15.2. The number of aromatic carboxylic acids is 1. The van der Waals surface area contributed by atoms with E-state index in [0.717, 1.165) is 29.6 Å². The first-order valence-electron chi connectivity index (χ1n) is 8.57. The molecule has 29 heavy (non-hydrogen) atoms. The van der Waals surface area contributed by atoms with Crippen LogP contribution in [-0.4, -0.2) is 21.0 Å². The van der Waals surface area contributed by atoms with Crippen molar-refractivity contribution in [1.82, 2.24) is 9.97 Å². The van der Waals surface area contributed by atoms with Crippen molar-refractivity contribution in [1.29, 1.82) is 0 Å². The molecule has 2 aromatic carbocycles. The smallest absolute Gasteiger partial charge is 0.416 e. The molecular weight excluding hydrogens is 403 g/mol. The first-order valence-corrected chi connectivity index (χ1v) is 9.39. The Kier molecular flexibility index (Phi) is 6.07. The van der Waals surface area contributed by atoms with E-state index in [1.165, 1.54) is 30.6 Å². The van der Waals surface area contributed by atoms with E-state index in [-0.39, 0.29) is 17.1 Å². The van der Waals surface area contributed by atoms with Crippen LogP contribution in [0.4, 0.5) is 18.9 Å². The van der Waals surface area contributed by atoms with E-state index in [0.29, 0.717) is 16.9 Å². The molecule has 3 aromatic rings. The fourth-order valence-electron chi connectivity index (χ4n) is 2.62. The van der Waals surface area contributed by atoms with Crippen molar-refractivity contribution < 1.29 is 23.1 Å². The van der Waals surface area contributed by atoms with Gasteiger partial charge in [-0.25, -0.2) is 14.8 Å². The lowest BCUT2D eigenvalue weighted by Crippen LogP contribution is -2.06. The van der Waals surface area contributed by atoms with E-state index < -0.39 is 17.7 Å². The lowest BCUT2D eigenvalue weighted by Gasteiger charge is -2.15. The average Bonchev–Trinajstić information content (AvgIpc) is 2.71. The number of alkyl halides is 3. The minimum absolute atomic E-state index is 0.0992. The van der Waals surface area contributed by atoms with Crippen LogP contribution in [0.15, 0.2) is 59.8 Å². The van der Waals surface area contributed by atoms with Crippen molar-refractivity contribution in [3.05, 3.63) is 71.5 Å². The van der Waals surface area contributed by atoms with Crippen LogP contribution in [0.1, 0.15) is 28.4 Å². The summed E-state index contributed by atoms with van der Waals surface area (Å²) < 4.78 is 42.5. The Morgan fingerprint density at radius 1 is 1.14 bits per heavy atom. The highest BCUT2D eigenvalue weighted by atomic mass is 32.2. The van der Waals surface area contributed by atoms with Crippen LogP contribution in [0.25, 0.3) is 11.4 Å². The number of anilines is 1. The summed E-state index contributed by atoms with van der Waals surface area (Å²) in [4.78, 5) is 20.1. The predicted molar refractivity (Wildman–Crippen MR) is 105 cm³/mol. The SMILES string of the molecule is CCc1ccc(C(=O)O)cc1SNc1cc(C(F)(F)F)ccc1-c1ncccn1. The van der Waals surface area contributed by atoms with Gasteiger partial charge in [-0.05, 0) is 60.3 Å². The molecule has 0 aliphatic heterocycles. The van der Waals surface area contributed by atoms with Gasteiger partial charge < -0.3 is 9.83 Å². The maximum absolute atomic E-state index is 13.2. The maximum Gasteiger partial charge on any atom is 0.416 e. The number of carboxylic acids is 1. The summed E-state index contributed by atoms with van der Waals surface area (Å²) in [7, 11) is 0. The molecule has 0 fully saturated rings. The van der Waals surface area contributed by atoms with Crippen LogP contribution < -0.4 is 4.72 Å². The standard InChI is InChI=1S/C20H16F3N3O2S/c1-2-12-4-5-13(19(27)28)10-17(12)29-26-16-11-14(20(21,22)23)6-7-15(16)18-24-8-3-9-25-18/h3-11,26H,2H2,1H3,(H,27,28). The van der Waals surface area contributed by atoms with Crippen LogP contribution in [0, 0.1) is 0 Å². The molecule has 0 saturated carbocycles. The summed E-state index contributed by atoms with van der Waals surface area (Å²) in [5.74, 6) is -0.800. The summed E-state index contributed by atoms with van der Waals surface area (Å²) in [6.07, 6.45) is -0.860. The molecular formula is C20H16F3N3O2S. The molecule has 2 N–H and O–H groups in total. The van der Waals surface area contributed by atoms with Crippen LogP contribution in [0.5, 0.6) is 0 Å². The van der Waals surface area contributed by atoms with Gasteiger partial charge in [0.05, 0.1) is 16.8 Å². The molecule has 5 nitrogen and oxygen atoms in total. The minimum Gasteiger partial charge on any atom is -0.478 e. The van der Waals surface area contributed by atoms with Gasteiger partial charge in [0.1, 0.15) is 0 Å². The second kappa shape index (κ2) is 8.52. The van der Waals surface area contributed by atoms with Crippen molar-refractivity contribution >= 4 is 23.6 Å². The van der Waals surface area contributed by atoms with E-state index in [4.69, 9.17) is 0 Å². The molecule has 0 unspecified atom stereocenters. The third-order valence-electron chi connectivity index (χ3n) is 4.12. The summed E-state index contributed by atoms with van der Waals surface area (Å²) in [5, 5.41) is 9.21. The summed E-state index contributed by atoms with van der Waals surface area (Å²) in [5.41, 5.74) is 0.742. The van der Waals surface area contributed by atoms with Gasteiger partial charge in [0.15, 0.2) is 5.82 Å². The van der Waals surface area contributed by atoms with Crippen LogP contribution in [0.3, 0.4) is 0 Å². The number of aryl methyl sites for hydroxylation is 1. The highest BCUT2D eigenvalue weighted by molar-refractivity contribution is 8.00. The van der Waals surface area contributed by atoms with Crippen molar-refractivity contribution in [3.63, 3.8) is 0 Å². The number of rotatable bonds is 6. The first kappa shape index (κ1) is 20.7. The Balaban J connectivity index is 1.99. The van der Waals surface area contributed by atoms with E-state index in [1.807, 2.05) is 6.92 Å². The topological polar surface area (TPSA) is 75.1 Å².